The van der Waals surface area contributed by atoms with Crippen molar-refractivity contribution in [2.45, 2.75) is 32.2 Å². The lowest BCUT2D eigenvalue weighted by Crippen LogP contribution is -2.23. The quantitative estimate of drug-likeness (QED) is 0.798. The molecule has 0 fully saturated rings. The Labute approximate surface area is 103 Å². The van der Waals surface area contributed by atoms with Gasteiger partial charge in [0.2, 0.25) is 0 Å². The number of thiocarbonyl (C=S) groups is 1. The third-order valence-electron chi connectivity index (χ3n) is 2.88. The molecule has 1 nitrogen and oxygen atoms in total. The van der Waals surface area contributed by atoms with E-state index in [4.69, 9.17) is 12.2 Å². The minimum Gasteiger partial charge on any atom is -0.372 e. The fourth-order valence-corrected chi connectivity index (χ4v) is 2.19. The Morgan fingerprint density at radius 1 is 1.19 bits per heavy atom. The summed E-state index contributed by atoms with van der Waals surface area (Å²) in [7, 11) is 0. The molecular formula is C14H17NS. The lowest BCUT2D eigenvalue weighted by atomic mass is 9.99. The van der Waals surface area contributed by atoms with Crippen LogP contribution in [0.15, 0.2) is 42.0 Å². The van der Waals surface area contributed by atoms with E-state index >= 15 is 0 Å². The van der Waals surface area contributed by atoms with Crippen molar-refractivity contribution in [2.24, 2.45) is 0 Å². The van der Waals surface area contributed by atoms with Gasteiger partial charge in [-0.2, -0.15) is 0 Å². The summed E-state index contributed by atoms with van der Waals surface area (Å²) >= 11 is 5.39. The molecule has 1 aliphatic carbocycles. The van der Waals surface area contributed by atoms with Crippen LogP contribution in [-0.4, -0.2) is 4.99 Å². The summed E-state index contributed by atoms with van der Waals surface area (Å²) in [5.74, 6) is 0. The van der Waals surface area contributed by atoms with Crippen LogP contribution < -0.4 is 5.32 Å². The third-order valence-corrected chi connectivity index (χ3v) is 3.29. The van der Waals surface area contributed by atoms with Gasteiger partial charge in [0.05, 0.1) is 0 Å². The van der Waals surface area contributed by atoms with E-state index in [1.807, 2.05) is 6.07 Å². The van der Waals surface area contributed by atoms with Crippen LogP contribution in [0.4, 0.5) is 0 Å². The molecule has 84 valence electrons. The Morgan fingerprint density at radius 3 is 2.69 bits per heavy atom. The van der Waals surface area contributed by atoms with Crippen molar-refractivity contribution < 1.29 is 0 Å². The van der Waals surface area contributed by atoms with Crippen LogP contribution >= 0.6 is 12.2 Å². The molecule has 0 aliphatic heterocycles. The normalized spacial score (nSPS) is 15.4. The van der Waals surface area contributed by atoms with E-state index in [0.717, 1.165) is 18.0 Å². The van der Waals surface area contributed by atoms with E-state index in [-0.39, 0.29) is 0 Å². The minimum atomic E-state index is 0.830. The smallest absolute Gasteiger partial charge is 0.102 e. The molecule has 2 heteroatoms. The van der Waals surface area contributed by atoms with Crippen molar-refractivity contribution in [2.75, 3.05) is 0 Å². The molecule has 0 amide bonds. The Hall–Kier alpha value is -1.15. The van der Waals surface area contributed by atoms with E-state index in [1.54, 1.807) is 0 Å². The zero-order valence-corrected chi connectivity index (χ0v) is 10.2. The fourth-order valence-electron chi connectivity index (χ4n) is 1.94. The van der Waals surface area contributed by atoms with E-state index < -0.39 is 0 Å². The van der Waals surface area contributed by atoms with Gasteiger partial charge in [0, 0.05) is 6.54 Å². The summed E-state index contributed by atoms with van der Waals surface area (Å²) in [5, 5.41) is 3.33. The number of rotatable bonds is 3. The largest absolute Gasteiger partial charge is 0.372 e. The van der Waals surface area contributed by atoms with Gasteiger partial charge in [-0.05, 0) is 36.8 Å². The van der Waals surface area contributed by atoms with Gasteiger partial charge in [-0.25, -0.2) is 0 Å². The molecule has 0 saturated heterocycles. The predicted octanol–water partition coefficient (Wildman–Crippen LogP) is 3.60. The third kappa shape index (κ3) is 3.17. The van der Waals surface area contributed by atoms with Gasteiger partial charge >= 0.3 is 0 Å². The molecule has 1 aromatic carbocycles. The second-order valence-electron chi connectivity index (χ2n) is 4.14. The minimum absolute atomic E-state index is 0.830. The van der Waals surface area contributed by atoms with Gasteiger partial charge in [0.15, 0.2) is 0 Å². The molecule has 0 spiro atoms. The molecule has 1 aliphatic rings. The van der Waals surface area contributed by atoms with Gasteiger partial charge in [-0.1, -0.05) is 48.6 Å². The summed E-state index contributed by atoms with van der Waals surface area (Å²) in [6.45, 7) is 0.830. The molecule has 0 aromatic heterocycles. The maximum Gasteiger partial charge on any atom is 0.102 e. The average Bonchev–Trinajstić information content (AvgIpc) is 2.38. The highest BCUT2D eigenvalue weighted by molar-refractivity contribution is 7.80. The zero-order valence-electron chi connectivity index (χ0n) is 9.41. The van der Waals surface area contributed by atoms with Crippen molar-refractivity contribution in [1.82, 2.24) is 5.32 Å². The van der Waals surface area contributed by atoms with Crippen molar-refractivity contribution in [1.29, 1.82) is 0 Å². The molecule has 0 unspecified atom stereocenters. The van der Waals surface area contributed by atoms with Gasteiger partial charge in [0.1, 0.15) is 4.99 Å². The molecule has 1 N–H and O–H groups in total. The van der Waals surface area contributed by atoms with Gasteiger partial charge < -0.3 is 5.32 Å². The highest BCUT2D eigenvalue weighted by atomic mass is 32.1. The molecule has 1 aromatic rings. The highest BCUT2D eigenvalue weighted by Gasteiger charge is 2.07. The second kappa shape index (κ2) is 5.80. The second-order valence-corrected chi connectivity index (χ2v) is 4.55. The molecule has 0 saturated carbocycles. The van der Waals surface area contributed by atoms with Gasteiger partial charge in [-0.3, -0.25) is 0 Å². The highest BCUT2D eigenvalue weighted by Crippen LogP contribution is 2.18. The standard InChI is InChI=1S/C14H17NS/c16-14(13-9-5-2-6-10-13)15-11-12-7-3-1-4-8-12/h1,3-4,7-9H,2,5-6,10-11H2,(H,15,16). The summed E-state index contributed by atoms with van der Waals surface area (Å²) in [4.78, 5) is 0.934. The van der Waals surface area contributed by atoms with Crippen molar-refractivity contribution in [3.8, 4) is 0 Å². The number of hydrogen-bond donors (Lipinski definition) is 1. The van der Waals surface area contributed by atoms with Crippen molar-refractivity contribution >= 4 is 17.2 Å². The Balaban J connectivity index is 1.86. The number of allylic oxidation sites excluding steroid dienone is 1. The topological polar surface area (TPSA) is 12.0 Å². The Morgan fingerprint density at radius 2 is 2.00 bits per heavy atom. The first-order chi connectivity index (χ1) is 7.86. The molecule has 0 bridgehead atoms. The van der Waals surface area contributed by atoms with E-state index in [2.05, 4.69) is 35.7 Å². The first-order valence-electron chi connectivity index (χ1n) is 5.87. The summed E-state index contributed by atoms with van der Waals surface area (Å²) < 4.78 is 0. The number of nitrogens with one attached hydrogen (secondary N) is 1. The van der Waals surface area contributed by atoms with Crippen LogP contribution in [0.5, 0.6) is 0 Å². The SMILES string of the molecule is S=C(NCc1ccccc1)C1=CCCCC1. The maximum absolute atomic E-state index is 5.39. The molecule has 16 heavy (non-hydrogen) atoms. The summed E-state index contributed by atoms with van der Waals surface area (Å²) in [5.41, 5.74) is 2.61. The summed E-state index contributed by atoms with van der Waals surface area (Å²) in [6.07, 6.45) is 7.19. The van der Waals surface area contributed by atoms with Crippen LogP contribution in [-0.2, 0) is 6.54 Å². The molecule has 0 heterocycles. The maximum atomic E-state index is 5.39. The van der Waals surface area contributed by atoms with Crippen LogP contribution in [0.25, 0.3) is 0 Å². The van der Waals surface area contributed by atoms with Crippen LogP contribution in [0.1, 0.15) is 31.2 Å². The lowest BCUT2D eigenvalue weighted by molar-refractivity contribution is 0.713. The molecule has 2 rings (SSSR count). The van der Waals surface area contributed by atoms with E-state index in [9.17, 15) is 0 Å². The van der Waals surface area contributed by atoms with Crippen LogP contribution in [0.3, 0.4) is 0 Å². The molecule has 0 radical (unpaired) electrons. The number of benzene rings is 1. The molecule has 0 atom stereocenters. The van der Waals surface area contributed by atoms with E-state index in [1.165, 1.54) is 30.4 Å². The first-order valence-corrected chi connectivity index (χ1v) is 6.28. The lowest BCUT2D eigenvalue weighted by Gasteiger charge is -2.15. The molecular weight excluding hydrogens is 214 g/mol. The Bertz CT molecular complexity index is 381. The number of hydrogen-bond acceptors (Lipinski definition) is 1. The van der Waals surface area contributed by atoms with Crippen LogP contribution in [0, 0.1) is 0 Å². The average molecular weight is 231 g/mol. The van der Waals surface area contributed by atoms with Gasteiger partial charge in [0.25, 0.3) is 0 Å². The summed E-state index contributed by atoms with van der Waals surface area (Å²) in [6, 6.07) is 10.4. The predicted molar refractivity (Wildman–Crippen MR) is 72.4 cm³/mol. The Kier molecular flexibility index (Phi) is 4.11. The van der Waals surface area contributed by atoms with Crippen LogP contribution in [0.2, 0.25) is 0 Å². The first kappa shape index (κ1) is 11.3. The fraction of sp³-hybridized carbons (Fsp3) is 0.357. The zero-order chi connectivity index (χ0) is 11.2. The van der Waals surface area contributed by atoms with Crippen molar-refractivity contribution in [3.63, 3.8) is 0 Å². The van der Waals surface area contributed by atoms with E-state index in [0.29, 0.717) is 0 Å². The van der Waals surface area contributed by atoms with Crippen molar-refractivity contribution in [3.05, 3.63) is 47.5 Å². The monoisotopic (exact) mass is 231 g/mol. The van der Waals surface area contributed by atoms with Gasteiger partial charge in [-0.15, -0.1) is 0 Å².